The van der Waals surface area contributed by atoms with Crippen LogP contribution in [0.25, 0.3) is 11.1 Å². The molecule has 3 heteroatoms. The number of rotatable bonds is 7. The molecule has 11 aromatic rings. The average molecular weight is 938 g/mol. The van der Waals surface area contributed by atoms with E-state index in [4.69, 9.17) is 0 Å². The lowest BCUT2D eigenvalue weighted by Gasteiger charge is -2.51. The molecule has 1 spiro atoms. The number of benzene rings is 11. The van der Waals surface area contributed by atoms with Crippen molar-refractivity contribution in [3.05, 3.63) is 330 Å². The van der Waals surface area contributed by atoms with Crippen molar-refractivity contribution in [1.82, 2.24) is 0 Å². The van der Waals surface area contributed by atoms with Gasteiger partial charge in [0.05, 0.1) is 16.5 Å². The van der Waals surface area contributed by atoms with Crippen molar-refractivity contribution < 1.29 is 0 Å². The van der Waals surface area contributed by atoms with Gasteiger partial charge in [-0.25, -0.2) is 0 Å². The molecule has 0 saturated heterocycles. The third-order valence-electron chi connectivity index (χ3n) is 15.7. The van der Waals surface area contributed by atoms with Crippen LogP contribution in [0.3, 0.4) is 0 Å². The van der Waals surface area contributed by atoms with Gasteiger partial charge < -0.3 is 4.90 Å². The SMILES string of the molecule is c1ccc(N(c2ccc3c(c2)Sc2ccccc2C32c3ccccc3[Si](c3ccccc3)(c3ccccc3)c3ccccc32)c2cccc3c2-c2ccccc2C3(c2ccccc2)c2ccccc2)cc1. The summed E-state index contributed by atoms with van der Waals surface area (Å²) in [7, 11) is -2.86. The zero-order valence-corrected chi connectivity index (χ0v) is 40.8. The molecular formula is C68H47NSSi. The van der Waals surface area contributed by atoms with Crippen LogP contribution in [0.2, 0.25) is 0 Å². The van der Waals surface area contributed by atoms with Crippen LogP contribution in [-0.2, 0) is 10.8 Å². The van der Waals surface area contributed by atoms with Gasteiger partial charge in [0.1, 0.15) is 0 Å². The van der Waals surface area contributed by atoms with Gasteiger partial charge in [0.25, 0.3) is 0 Å². The van der Waals surface area contributed by atoms with E-state index in [1.807, 2.05) is 11.8 Å². The van der Waals surface area contributed by atoms with E-state index < -0.39 is 18.9 Å². The third-order valence-corrected chi connectivity index (χ3v) is 21.8. The van der Waals surface area contributed by atoms with Crippen molar-refractivity contribution in [2.45, 2.75) is 20.6 Å². The van der Waals surface area contributed by atoms with E-state index in [0.29, 0.717) is 0 Å². The van der Waals surface area contributed by atoms with Gasteiger partial charge in [-0.2, -0.15) is 0 Å². The molecule has 1 nitrogen and oxygen atoms in total. The first-order valence-corrected chi connectivity index (χ1v) is 27.5. The normalized spacial score (nSPS) is 14.8. The van der Waals surface area contributed by atoms with Gasteiger partial charge in [-0.05, 0) is 107 Å². The van der Waals surface area contributed by atoms with Crippen molar-refractivity contribution in [3.8, 4) is 11.1 Å². The standard InChI is InChI=1S/C68H47NSSi/c1-6-25-48(26-7-1)67(49-27-8-2-9-28-49)55-36-17-16-35-54(55)66-60(67)40-24-41-61(66)69(50-29-10-3-11-30-50)51-45-46-57-63(47-51)70-62-42-21-18-37-56(62)68(57)58-38-19-22-43-64(58)71(52-31-12-4-13-32-52,53-33-14-5-15-34-53)65-44-23-20-39-59(65)68/h1-47H. The Morgan fingerprint density at radius 1 is 0.310 bits per heavy atom. The predicted molar refractivity (Wildman–Crippen MR) is 298 cm³/mol. The van der Waals surface area contributed by atoms with Crippen molar-refractivity contribution in [2.24, 2.45) is 0 Å². The van der Waals surface area contributed by atoms with Gasteiger partial charge in [0.2, 0.25) is 0 Å². The first kappa shape index (κ1) is 41.7. The highest BCUT2D eigenvalue weighted by Crippen LogP contribution is 2.61. The molecule has 0 bridgehead atoms. The molecule has 0 fully saturated rings. The Kier molecular flexibility index (Phi) is 9.67. The highest BCUT2D eigenvalue weighted by atomic mass is 32.2. The number of hydrogen-bond donors (Lipinski definition) is 0. The molecule has 0 aromatic heterocycles. The molecule has 2 aliphatic heterocycles. The Morgan fingerprint density at radius 3 is 1.38 bits per heavy atom. The van der Waals surface area contributed by atoms with Crippen LogP contribution in [0, 0.1) is 0 Å². The van der Waals surface area contributed by atoms with E-state index in [0.717, 1.165) is 17.1 Å². The molecule has 71 heavy (non-hydrogen) atoms. The topological polar surface area (TPSA) is 3.24 Å². The maximum atomic E-state index is 2.52. The van der Waals surface area contributed by atoms with Crippen LogP contribution in [0.15, 0.2) is 295 Å². The number of para-hydroxylation sites is 1. The lowest BCUT2D eigenvalue weighted by molar-refractivity contribution is 0.707. The van der Waals surface area contributed by atoms with Gasteiger partial charge in [0.15, 0.2) is 8.07 Å². The molecule has 2 heterocycles. The first-order valence-electron chi connectivity index (χ1n) is 24.7. The molecule has 1 aliphatic carbocycles. The van der Waals surface area contributed by atoms with E-state index in [-0.39, 0.29) is 0 Å². The first-order chi connectivity index (χ1) is 35.2. The molecule has 3 aliphatic rings. The Bertz CT molecular complexity index is 3670. The zero-order valence-electron chi connectivity index (χ0n) is 39.0. The van der Waals surface area contributed by atoms with Gasteiger partial charge in [-0.3, -0.25) is 0 Å². The Balaban J connectivity index is 1.04. The van der Waals surface area contributed by atoms with Crippen LogP contribution in [-0.4, -0.2) is 8.07 Å². The van der Waals surface area contributed by atoms with E-state index >= 15 is 0 Å². The van der Waals surface area contributed by atoms with E-state index in [1.165, 1.54) is 86.2 Å². The number of nitrogens with zero attached hydrogens (tertiary/aromatic N) is 1. The summed E-state index contributed by atoms with van der Waals surface area (Å²) in [6.07, 6.45) is 0. The molecule has 0 saturated carbocycles. The summed E-state index contributed by atoms with van der Waals surface area (Å²) in [5.41, 5.74) is 15.3. The summed E-state index contributed by atoms with van der Waals surface area (Å²) in [5, 5.41) is 5.68. The third kappa shape index (κ3) is 5.82. The fourth-order valence-electron chi connectivity index (χ4n) is 13.1. The highest BCUT2D eigenvalue weighted by molar-refractivity contribution is 7.99. The van der Waals surface area contributed by atoms with Crippen molar-refractivity contribution >= 4 is 57.6 Å². The van der Waals surface area contributed by atoms with E-state index in [9.17, 15) is 0 Å². The van der Waals surface area contributed by atoms with Crippen molar-refractivity contribution in [3.63, 3.8) is 0 Å². The molecule has 0 unspecified atom stereocenters. The quantitative estimate of drug-likeness (QED) is 0.147. The minimum absolute atomic E-state index is 0.519. The smallest absolute Gasteiger partial charge is 0.180 e. The second-order valence-corrected chi connectivity index (χ2v) is 23.8. The maximum absolute atomic E-state index is 2.86. The summed E-state index contributed by atoms with van der Waals surface area (Å²) >= 11 is 1.91. The monoisotopic (exact) mass is 937 g/mol. The molecule has 0 amide bonds. The summed E-state index contributed by atoms with van der Waals surface area (Å²) in [5.74, 6) is 0. The van der Waals surface area contributed by atoms with Crippen molar-refractivity contribution in [1.29, 1.82) is 0 Å². The lowest BCUT2D eigenvalue weighted by Crippen LogP contribution is -2.79. The second kappa shape index (κ2) is 16.5. The molecule has 334 valence electrons. The molecule has 0 atom stereocenters. The lowest BCUT2D eigenvalue weighted by atomic mass is 9.64. The van der Waals surface area contributed by atoms with Crippen LogP contribution >= 0.6 is 11.8 Å². The molecule has 0 radical (unpaired) electrons. The van der Waals surface area contributed by atoms with Crippen LogP contribution < -0.4 is 25.6 Å². The van der Waals surface area contributed by atoms with Crippen LogP contribution in [0.1, 0.15) is 44.5 Å². The summed E-state index contributed by atoms with van der Waals surface area (Å²) < 4.78 is 0. The maximum Gasteiger partial charge on any atom is 0.180 e. The van der Waals surface area contributed by atoms with Gasteiger partial charge in [0, 0.05) is 26.7 Å². The fraction of sp³-hybridized carbons (Fsp3) is 0.0294. The number of fused-ring (bicyclic) bond motifs is 11. The van der Waals surface area contributed by atoms with Gasteiger partial charge in [-0.1, -0.05) is 260 Å². The average Bonchev–Trinajstić information content (AvgIpc) is 3.76. The molecule has 14 rings (SSSR count). The summed E-state index contributed by atoms with van der Waals surface area (Å²) in [4.78, 5) is 5.06. The van der Waals surface area contributed by atoms with Crippen LogP contribution in [0.4, 0.5) is 17.1 Å². The van der Waals surface area contributed by atoms with Gasteiger partial charge >= 0.3 is 0 Å². The largest absolute Gasteiger partial charge is 0.310 e. The molecule has 0 N–H and O–H groups in total. The minimum atomic E-state index is -2.86. The minimum Gasteiger partial charge on any atom is -0.310 e. The predicted octanol–water partition coefficient (Wildman–Crippen LogP) is 14.1. The van der Waals surface area contributed by atoms with Crippen LogP contribution in [0.5, 0.6) is 0 Å². The second-order valence-electron chi connectivity index (χ2n) is 19.0. The van der Waals surface area contributed by atoms with E-state index in [2.05, 4.69) is 290 Å². The van der Waals surface area contributed by atoms with E-state index in [1.54, 1.807) is 0 Å². The number of hydrogen-bond acceptors (Lipinski definition) is 2. The zero-order chi connectivity index (χ0) is 47.0. The Morgan fingerprint density at radius 2 is 0.775 bits per heavy atom. The summed E-state index contributed by atoms with van der Waals surface area (Å²) in [6.45, 7) is 0. The van der Waals surface area contributed by atoms with Gasteiger partial charge in [-0.15, -0.1) is 0 Å². The fourth-order valence-corrected chi connectivity index (χ4v) is 19.7. The number of anilines is 3. The summed E-state index contributed by atoms with van der Waals surface area (Å²) in [6, 6.07) is 108. The highest BCUT2D eigenvalue weighted by Gasteiger charge is 2.57. The molecule has 11 aromatic carbocycles. The molecular weight excluding hydrogens is 891 g/mol. The Hall–Kier alpha value is -8.21. The Labute approximate surface area is 421 Å². The van der Waals surface area contributed by atoms with Crippen molar-refractivity contribution in [2.75, 3.05) is 4.90 Å².